The third-order valence-corrected chi connectivity index (χ3v) is 4.88. The van der Waals surface area contributed by atoms with Gasteiger partial charge in [0, 0.05) is 64.6 Å². The van der Waals surface area contributed by atoms with Crippen LogP contribution < -0.4 is 15.1 Å². The maximum atomic E-state index is 4.66. The van der Waals surface area contributed by atoms with E-state index in [1.54, 1.807) is 0 Å². The number of hydrogen-bond acceptors (Lipinski definition) is 5. The highest BCUT2D eigenvalue weighted by molar-refractivity contribution is 5.49. The molecule has 136 valence electrons. The molecule has 0 bridgehead atoms. The molecule has 6 heteroatoms. The SMILES string of the molecule is Cc1nn(C)c(N(C)C)c1CNCc1cccnc1N1CCCCC1. The van der Waals surface area contributed by atoms with Crippen molar-refractivity contribution in [3.63, 3.8) is 0 Å². The van der Waals surface area contributed by atoms with Crippen LogP contribution in [-0.4, -0.2) is 41.9 Å². The van der Waals surface area contributed by atoms with Gasteiger partial charge in [0.2, 0.25) is 0 Å². The van der Waals surface area contributed by atoms with Gasteiger partial charge < -0.3 is 15.1 Å². The standard InChI is InChI=1S/C19H30N6/c1-15-17(19(23(2)3)24(4)22-15)14-20-13-16-9-8-10-21-18(16)25-11-6-5-7-12-25/h8-10,20H,5-7,11-14H2,1-4H3. The van der Waals surface area contributed by atoms with Gasteiger partial charge >= 0.3 is 0 Å². The maximum Gasteiger partial charge on any atom is 0.133 e. The summed E-state index contributed by atoms with van der Waals surface area (Å²) in [4.78, 5) is 9.21. The van der Waals surface area contributed by atoms with Gasteiger partial charge in [0.25, 0.3) is 0 Å². The lowest BCUT2D eigenvalue weighted by atomic mass is 10.1. The number of aryl methyl sites for hydroxylation is 2. The van der Waals surface area contributed by atoms with Crippen molar-refractivity contribution in [2.75, 3.05) is 37.0 Å². The molecule has 0 radical (unpaired) electrons. The van der Waals surface area contributed by atoms with Gasteiger partial charge in [-0.2, -0.15) is 5.10 Å². The van der Waals surface area contributed by atoms with Crippen LogP contribution in [0.3, 0.4) is 0 Å². The van der Waals surface area contributed by atoms with E-state index in [4.69, 9.17) is 0 Å². The van der Waals surface area contributed by atoms with E-state index in [0.29, 0.717) is 0 Å². The van der Waals surface area contributed by atoms with Crippen LogP contribution in [-0.2, 0) is 20.1 Å². The fourth-order valence-corrected chi connectivity index (χ4v) is 3.74. The molecule has 1 aliphatic rings. The molecule has 0 aromatic carbocycles. The van der Waals surface area contributed by atoms with Crippen molar-refractivity contribution < 1.29 is 0 Å². The van der Waals surface area contributed by atoms with Crippen LogP contribution in [0.15, 0.2) is 18.3 Å². The summed E-state index contributed by atoms with van der Waals surface area (Å²) in [7, 11) is 6.13. The second-order valence-corrected chi connectivity index (χ2v) is 7.04. The second-order valence-electron chi connectivity index (χ2n) is 7.04. The fraction of sp³-hybridized carbons (Fsp3) is 0.579. The average Bonchev–Trinajstić information content (AvgIpc) is 2.90. The molecule has 0 spiro atoms. The van der Waals surface area contributed by atoms with E-state index >= 15 is 0 Å². The Balaban J connectivity index is 1.69. The van der Waals surface area contributed by atoms with Gasteiger partial charge in [0.1, 0.15) is 11.6 Å². The minimum Gasteiger partial charge on any atom is -0.363 e. The van der Waals surface area contributed by atoms with Crippen molar-refractivity contribution in [3.05, 3.63) is 35.2 Å². The molecule has 0 saturated carbocycles. The van der Waals surface area contributed by atoms with Crippen molar-refractivity contribution >= 4 is 11.6 Å². The van der Waals surface area contributed by atoms with Crippen LogP contribution in [0.1, 0.15) is 36.1 Å². The predicted octanol–water partition coefficient (Wildman–Crippen LogP) is 2.47. The van der Waals surface area contributed by atoms with Crippen LogP contribution in [0.5, 0.6) is 0 Å². The molecule has 0 aliphatic carbocycles. The molecule has 2 aromatic heterocycles. The molecule has 2 aromatic rings. The number of piperidine rings is 1. The lowest BCUT2D eigenvalue weighted by molar-refractivity contribution is 0.569. The summed E-state index contributed by atoms with van der Waals surface area (Å²) in [6, 6.07) is 4.22. The molecule has 1 saturated heterocycles. The molecule has 1 fully saturated rings. The summed E-state index contributed by atoms with van der Waals surface area (Å²) in [5.74, 6) is 2.30. The Labute approximate surface area is 150 Å². The van der Waals surface area contributed by atoms with E-state index in [-0.39, 0.29) is 0 Å². The molecule has 6 nitrogen and oxygen atoms in total. The zero-order chi connectivity index (χ0) is 17.8. The first-order chi connectivity index (χ1) is 12.1. The lowest BCUT2D eigenvalue weighted by Crippen LogP contribution is -2.31. The van der Waals surface area contributed by atoms with Gasteiger partial charge in [0.15, 0.2) is 0 Å². The third-order valence-electron chi connectivity index (χ3n) is 4.88. The van der Waals surface area contributed by atoms with Crippen LogP contribution in [0.4, 0.5) is 11.6 Å². The molecular formula is C19H30N6. The highest BCUT2D eigenvalue weighted by atomic mass is 15.4. The van der Waals surface area contributed by atoms with Gasteiger partial charge in [-0.15, -0.1) is 0 Å². The van der Waals surface area contributed by atoms with Gasteiger partial charge in [-0.3, -0.25) is 4.68 Å². The molecule has 1 N–H and O–H groups in total. The van der Waals surface area contributed by atoms with Gasteiger partial charge in [0.05, 0.1) is 5.69 Å². The Kier molecular flexibility index (Phi) is 5.58. The highest BCUT2D eigenvalue weighted by Crippen LogP contribution is 2.23. The topological polar surface area (TPSA) is 49.2 Å². The summed E-state index contributed by atoms with van der Waals surface area (Å²) in [6.45, 7) is 5.95. The van der Waals surface area contributed by atoms with Crippen LogP contribution >= 0.6 is 0 Å². The Morgan fingerprint density at radius 1 is 1.16 bits per heavy atom. The first kappa shape index (κ1) is 17.7. The number of anilines is 2. The van der Waals surface area contributed by atoms with E-state index < -0.39 is 0 Å². The first-order valence-corrected chi connectivity index (χ1v) is 9.17. The van der Waals surface area contributed by atoms with E-state index in [2.05, 4.69) is 52.3 Å². The minimum absolute atomic E-state index is 0.807. The predicted molar refractivity (Wildman–Crippen MR) is 103 cm³/mol. The normalized spacial score (nSPS) is 14.8. The number of hydrogen-bond donors (Lipinski definition) is 1. The zero-order valence-electron chi connectivity index (χ0n) is 15.9. The van der Waals surface area contributed by atoms with Gasteiger partial charge in [-0.25, -0.2) is 4.98 Å². The second kappa shape index (κ2) is 7.87. The monoisotopic (exact) mass is 342 g/mol. The van der Waals surface area contributed by atoms with Crippen molar-refractivity contribution in [2.24, 2.45) is 7.05 Å². The molecule has 0 amide bonds. The Bertz CT molecular complexity index is 700. The Morgan fingerprint density at radius 3 is 2.64 bits per heavy atom. The quantitative estimate of drug-likeness (QED) is 0.874. The third kappa shape index (κ3) is 3.95. The molecule has 3 rings (SSSR count). The van der Waals surface area contributed by atoms with Crippen LogP contribution in [0.2, 0.25) is 0 Å². The van der Waals surface area contributed by atoms with Crippen molar-refractivity contribution in [1.82, 2.24) is 20.1 Å². The van der Waals surface area contributed by atoms with E-state index in [0.717, 1.165) is 43.5 Å². The van der Waals surface area contributed by atoms with E-state index in [9.17, 15) is 0 Å². The summed E-state index contributed by atoms with van der Waals surface area (Å²) in [5.41, 5.74) is 3.62. The summed E-state index contributed by atoms with van der Waals surface area (Å²) in [6.07, 6.45) is 5.78. The maximum absolute atomic E-state index is 4.66. The first-order valence-electron chi connectivity index (χ1n) is 9.17. The van der Waals surface area contributed by atoms with Crippen LogP contribution in [0, 0.1) is 6.92 Å². The summed E-state index contributed by atoms with van der Waals surface area (Å²) in [5, 5.41) is 8.16. The Hall–Kier alpha value is -2.08. The van der Waals surface area contributed by atoms with Crippen molar-refractivity contribution in [3.8, 4) is 0 Å². The molecule has 0 atom stereocenters. The summed E-state index contributed by atoms with van der Waals surface area (Å²) >= 11 is 0. The summed E-state index contributed by atoms with van der Waals surface area (Å²) < 4.78 is 1.95. The van der Waals surface area contributed by atoms with Crippen molar-refractivity contribution in [2.45, 2.75) is 39.3 Å². The largest absolute Gasteiger partial charge is 0.363 e. The lowest BCUT2D eigenvalue weighted by Gasteiger charge is -2.29. The Morgan fingerprint density at radius 2 is 1.92 bits per heavy atom. The van der Waals surface area contributed by atoms with E-state index in [1.807, 2.05) is 24.0 Å². The zero-order valence-corrected chi connectivity index (χ0v) is 15.9. The molecular weight excluding hydrogens is 312 g/mol. The molecule has 25 heavy (non-hydrogen) atoms. The average molecular weight is 342 g/mol. The van der Waals surface area contributed by atoms with Crippen molar-refractivity contribution in [1.29, 1.82) is 0 Å². The van der Waals surface area contributed by atoms with Gasteiger partial charge in [-0.1, -0.05) is 6.07 Å². The highest BCUT2D eigenvalue weighted by Gasteiger charge is 2.17. The van der Waals surface area contributed by atoms with E-state index in [1.165, 1.54) is 30.4 Å². The smallest absolute Gasteiger partial charge is 0.133 e. The fourth-order valence-electron chi connectivity index (χ4n) is 3.74. The molecule has 3 heterocycles. The minimum atomic E-state index is 0.807. The number of rotatable bonds is 6. The number of pyridine rings is 1. The molecule has 1 aliphatic heterocycles. The number of aromatic nitrogens is 3. The molecule has 0 unspecified atom stereocenters. The van der Waals surface area contributed by atoms with Gasteiger partial charge in [-0.05, 0) is 32.3 Å². The number of nitrogens with zero attached hydrogens (tertiary/aromatic N) is 5. The number of nitrogens with one attached hydrogen (secondary N) is 1. The van der Waals surface area contributed by atoms with Crippen LogP contribution in [0.25, 0.3) is 0 Å².